The summed E-state index contributed by atoms with van der Waals surface area (Å²) in [6, 6.07) is 6.08. The van der Waals surface area contributed by atoms with Crippen LogP contribution in [0.5, 0.6) is 5.75 Å². The van der Waals surface area contributed by atoms with Crippen molar-refractivity contribution >= 4 is 22.5 Å². The third-order valence-corrected chi connectivity index (χ3v) is 5.27. The number of nitrogens with zero attached hydrogens (tertiary/aromatic N) is 1. The van der Waals surface area contributed by atoms with Crippen LogP contribution in [0.4, 0.5) is 10.1 Å². The predicted molar refractivity (Wildman–Crippen MR) is 95.5 cm³/mol. The number of nitrogens with two attached hydrogens (primary N) is 1. The van der Waals surface area contributed by atoms with Crippen LogP contribution in [0.1, 0.15) is 11.1 Å². The van der Waals surface area contributed by atoms with E-state index in [1.165, 1.54) is 18.2 Å². The largest absolute Gasteiger partial charge is 0.508 e. The summed E-state index contributed by atoms with van der Waals surface area (Å²) in [7, 11) is -1.78. The van der Waals surface area contributed by atoms with Crippen LogP contribution in [-0.4, -0.2) is 37.1 Å². The maximum absolute atomic E-state index is 14.0. The number of aliphatic carboxylic acids is 1. The van der Waals surface area contributed by atoms with Crippen molar-refractivity contribution < 1.29 is 28.5 Å². The fourth-order valence-electron chi connectivity index (χ4n) is 2.47. The lowest BCUT2D eigenvalue weighted by Gasteiger charge is -2.13. The molecular weight excluding hydrogens is 379 g/mol. The molecule has 0 heterocycles. The highest BCUT2D eigenvalue weighted by Gasteiger charge is 2.18. The van der Waals surface area contributed by atoms with Gasteiger partial charge in [-0.1, -0.05) is 6.07 Å². The molecule has 1 unspecified atom stereocenters. The maximum Gasteiger partial charge on any atom is 0.320 e. The first-order valence-corrected chi connectivity index (χ1v) is 9.12. The Bertz CT molecular complexity index is 905. The van der Waals surface area contributed by atoms with E-state index in [4.69, 9.17) is 10.8 Å². The predicted octanol–water partition coefficient (Wildman–Crippen LogP) is 1.74. The normalized spacial score (nSPS) is 13.1. The van der Waals surface area contributed by atoms with Crippen LogP contribution < -0.4 is 5.73 Å². The molecule has 0 aromatic heterocycles. The van der Waals surface area contributed by atoms with Crippen LogP contribution in [0.2, 0.25) is 0 Å². The molecule has 2 atom stereocenters. The molecule has 2 rings (SSSR count). The van der Waals surface area contributed by atoms with Gasteiger partial charge in [-0.2, -0.15) is 0 Å². The lowest BCUT2D eigenvalue weighted by molar-refractivity contribution is -0.385. The zero-order valence-corrected chi connectivity index (χ0v) is 14.8. The van der Waals surface area contributed by atoms with Crippen molar-refractivity contribution in [2.75, 3.05) is 5.75 Å². The summed E-state index contributed by atoms with van der Waals surface area (Å²) in [5.41, 5.74) is 6.21. The van der Waals surface area contributed by atoms with Gasteiger partial charge in [0.15, 0.2) is 0 Å². The second-order valence-electron chi connectivity index (χ2n) is 5.77. The van der Waals surface area contributed by atoms with E-state index in [0.29, 0.717) is 17.2 Å². The Morgan fingerprint density at radius 2 is 1.96 bits per heavy atom. The van der Waals surface area contributed by atoms with E-state index in [-0.39, 0.29) is 29.2 Å². The van der Waals surface area contributed by atoms with Crippen molar-refractivity contribution in [1.82, 2.24) is 0 Å². The number of aryl methyl sites for hydroxylation is 1. The zero-order valence-electron chi connectivity index (χ0n) is 14.0. The van der Waals surface area contributed by atoms with Gasteiger partial charge in [0.25, 0.3) is 5.69 Å². The molecule has 0 amide bonds. The molecule has 0 spiro atoms. The van der Waals surface area contributed by atoms with Crippen molar-refractivity contribution in [3.05, 3.63) is 63.5 Å². The minimum Gasteiger partial charge on any atom is -0.508 e. The molecule has 0 bridgehead atoms. The molecule has 2 aromatic rings. The molecule has 0 fully saturated rings. The van der Waals surface area contributed by atoms with Crippen LogP contribution in [0, 0.1) is 15.9 Å². The second kappa shape index (κ2) is 8.69. The SMILES string of the molecule is N[C@@H](Cc1ccc(O)cc1CCS(=O)c1ccc([N+](=O)[O-])cc1F)C(=O)O. The Labute approximate surface area is 156 Å². The maximum atomic E-state index is 14.0. The van der Waals surface area contributed by atoms with E-state index in [1.807, 2.05) is 0 Å². The smallest absolute Gasteiger partial charge is 0.320 e. The fourth-order valence-corrected chi connectivity index (χ4v) is 3.59. The van der Waals surface area contributed by atoms with Gasteiger partial charge in [-0.05, 0) is 42.2 Å². The highest BCUT2D eigenvalue weighted by atomic mass is 32.2. The summed E-state index contributed by atoms with van der Waals surface area (Å²) >= 11 is 0. The van der Waals surface area contributed by atoms with Gasteiger partial charge in [0.05, 0.1) is 26.7 Å². The molecule has 10 heteroatoms. The molecule has 0 radical (unpaired) electrons. The lowest BCUT2D eigenvalue weighted by Crippen LogP contribution is -2.32. The van der Waals surface area contributed by atoms with Crippen LogP contribution >= 0.6 is 0 Å². The molecular formula is C17H17FN2O6S. The number of hydrogen-bond acceptors (Lipinski definition) is 6. The van der Waals surface area contributed by atoms with Crippen molar-refractivity contribution in [3.63, 3.8) is 0 Å². The minimum atomic E-state index is -1.78. The van der Waals surface area contributed by atoms with Gasteiger partial charge in [-0.25, -0.2) is 4.39 Å². The summed E-state index contributed by atoms with van der Waals surface area (Å²) in [5.74, 6) is -2.19. The fraction of sp³-hybridized carbons (Fsp3) is 0.235. The number of halogens is 1. The average molecular weight is 396 g/mol. The number of aromatic hydroxyl groups is 1. The average Bonchev–Trinajstić information content (AvgIpc) is 2.61. The van der Waals surface area contributed by atoms with E-state index in [2.05, 4.69) is 0 Å². The number of nitro groups is 1. The summed E-state index contributed by atoms with van der Waals surface area (Å²) in [6.07, 6.45) is 0.183. The summed E-state index contributed by atoms with van der Waals surface area (Å²) in [6.45, 7) is 0. The molecule has 0 saturated carbocycles. The Morgan fingerprint density at radius 1 is 1.26 bits per heavy atom. The number of nitro benzene ring substituents is 1. The zero-order chi connectivity index (χ0) is 20.1. The number of phenols is 1. The van der Waals surface area contributed by atoms with E-state index >= 15 is 0 Å². The topological polar surface area (TPSA) is 144 Å². The molecule has 0 aliphatic rings. The molecule has 144 valence electrons. The number of non-ortho nitro benzene ring substituents is 1. The molecule has 27 heavy (non-hydrogen) atoms. The van der Waals surface area contributed by atoms with Gasteiger partial charge >= 0.3 is 5.97 Å². The van der Waals surface area contributed by atoms with E-state index < -0.39 is 39.2 Å². The number of hydrogen-bond donors (Lipinski definition) is 3. The number of benzene rings is 2. The van der Waals surface area contributed by atoms with Gasteiger partial charge in [0, 0.05) is 11.8 Å². The number of rotatable bonds is 8. The van der Waals surface area contributed by atoms with Crippen LogP contribution in [-0.2, 0) is 28.4 Å². The highest BCUT2D eigenvalue weighted by Crippen LogP contribution is 2.22. The molecule has 4 N–H and O–H groups in total. The van der Waals surface area contributed by atoms with Crippen molar-refractivity contribution in [1.29, 1.82) is 0 Å². The third-order valence-electron chi connectivity index (χ3n) is 3.88. The summed E-state index contributed by atoms with van der Waals surface area (Å²) in [5, 5.41) is 29.2. The number of carboxylic acid groups (broad SMARTS) is 1. The van der Waals surface area contributed by atoms with E-state index in [1.54, 1.807) is 0 Å². The highest BCUT2D eigenvalue weighted by molar-refractivity contribution is 7.85. The van der Waals surface area contributed by atoms with Gasteiger partial charge in [0.2, 0.25) is 0 Å². The first-order valence-electron chi connectivity index (χ1n) is 7.80. The van der Waals surface area contributed by atoms with E-state index in [9.17, 15) is 28.6 Å². The Hall–Kier alpha value is -2.85. The Morgan fingerprint density at radius 3 is 2.56 bits per heavy atom. The third kappa shape index (κ3) is 5.31. The minimum absolute atomic E-state index is 0.0173. The second-order valence-corrected chi connectivity index (χ2v) is 7.31. The number of carbonyl (C=O) groups is 1. The van der Waals surface area contributed by atoms with Crippen molar-refractivity contribution in [3.8, 4) is 5.75 Å². The first kappa shape index (κ1) is 20.5. The van der Waals surface area contributed by atoms with Crippen LogP contribution in [0.3, 0.4) is 0 Å². The Kier molecular flexibility index (Phi) is 6.59. The van der Waals surface area contributed by atoms with E-state index in [0.717, 1.165) is 12.1 Å². The molecule has 0 saturated heterocycles. The van der Waals surface area contributed by atoms with Crippen LogP contribution in [0.25, 0.3) is 0 Å². The Balaban J connectivity index is 2.16. The molecule has 0 aliphatic carbocycles. The van der Waals surface area contributed by atoms with Crippen molar-refractivity contribution in [2.24, 2.45) is 5.73 Å². The molecule has 8 nitrogen and oxygen atoms in total. The lowest BCUT2D eigenvalue weighted by atomic mass is 9.98. The first-order chi connectivity index (χ1) is 12.7. The summed E-state index contributed by atoms with van der Waals surface area (Å²) in [4.78, 5) is 20.7. The molecule has 0 aliphatic heterocycles. The number of phenolic OH excluding ortho intramolecular Hbond substituents is 1. The number of carboxylic acids is 1. The van der Waals surface area contributed by atoms with Crippen LogP contribution in [0.15, 0.2) is 41.3 Å². The monoisotopic (exact) mass is 396 g/mol. The quantitative estimate of drug-likeness (QED) is 0.455. The van der Waals surface area contributed by atoms with Crippen molar-refractivity contribution in [2.45, 2.75) is 23.8 Å². The van der Waals surface area contributed by atoms with Gasteiger partial charge in [-0.3, -0.25) is 19.1 Å². The van der Waals surface area contributed by atoms with Gasteiger partial charge in [-0.15, -0.1) is 0 Å². The standard InChI is InChI=1S/C17H17FN2O6S/c18-14-9-12(20(24)25)2-4-16(14)27(26)6-5-11-7-13(21)3-1-10(11)8-15(19)17(22)23/h1-4,7,9,15,21H,5-6,8,19H2,(H,22,23)/t15-,27?/m0/s1. The van der Waals surface area contributed by atoms with Gasteiger partial charge < -0.3 is 15.9 Å². The van der Waals surface area contributed by atoms with Gasteiger partial charge in [0.1, 0.15) is 17.6 Å². The molecule has 2 aromatic carbocycles. The summed E-state index contributed by atoms with van der Waals surface area (Å²) < 4.78 is 26.3.